The number of carbonyl (C=O) groups excluding carboxylic acids is 1. The molecule has 150 valence electrons. The predicted octanol–water partition coefficient (Wildman–Crippen LogP) is 2.69. The van der Waals surface area contributed by atoms with Gasteiger partial charge in [0, 0.05) is 0 Å². The number of hydrogen-bond acceptors (Lipinski definition) is 4. The van der Waals surface area contributed by atoms with Gasteiger partial charge in [0.15, 0.2) is 0 Å². The number of benzene rings is 2. The molecule has 1 aliphatic carbocycles. The van der Waals surface area contributed by atoms with E-state index in [4.69, 9.17) is 0 Å². The molecule has 0 radical (unpaired) electrons. The lowest BCUT2D eigenvalue weighted by atomic mass is 9.92. The fourth-order valence-corrected chi connectivity index (χ4v) is 4.44. The van der Waals surface area contributed by atoms with Crippen molar-refractivity contribution in [2.75, 3.05) is 10.6 Å². The topological polar surface area (TPSA) is 86.7 Å². The molecule has 0 bridgehead atoms. The highest BCUT2D eigenvalue weighted by molar-refractivity contribution is 7.92. The lowest BCUT2D eigenvalue weighted by molar-refractivity contribution is 0.0717. The first kappa shape index (κ1) is 20.4. The van der Waals surface area contributed by atoms with E-state index in [-0.39, 0.29) is 24.1 Å². The molecular weight excluding hydrogens is 376 g/mol. The number of sulfonamides is 1. The quantitative estimate of drug-likeness (QED) is 0.778. The fourth-order valence-electron chi connectivity index (χ4n) is 3.54. The number of aliphatic hydroxyl groups excluding tert-OH is 1. The largest absolute Gasteiger partial charge is 0.391 e. The van der Waals surface area contributed by atoms with Crippen molar-refractivity contribution in [3.8, 4) is 0 Å². The molecule has 0 spiro atoms. The highest BCUT2D eigenvalue weighted by Gasteiger charge is 2.28. The van der Waals surface area contributed by atoms with Gasteiger partial charge in [0.25, 0.3) is 5.91 Å². The second kappa shape index (κ2) is 8.75. The van der Waals surface area contributed by atoms with Crippen LogP contribution in [0.3, 0.4) is 0 Å². The van der Waals surface area contributed by atoms with Crippen LogP contribution < -0.4 is 9.62 Å². The molecule has 1 amide bonds. The monoisotopic (exact) mass is 402 g/mol. The van der Waals surface area contributed by atoms with Gasteiger partial charge in [-0.25, -0.2) is 8.42 Å². The van der Waals surface area contributed by atoms with Crippen molar-refractivity contribution >= 4 is 21.6 Å². The summed E-state index contributed by atoms with van der Waals surface area (Å²) in [4.78, 5) is 12.9. The number of para-hydroxylation sites is 1. The van der Waals surface area contributed by atoms with Gasteiger partial charge < -0.3 is 10.4 Å². The Morgan fingerprint density at radius 1 is 1.07 bits per heavy atom. The van der Waals surface area contributed by atoms with Crippen molar-refractivity contribution in [3.05, 3.63) is 65.7 Å². The third kappa shape index (κ3) is 4.91. The molecule has 2 aromatic carbocycles. The summed E-state index contributed by atoms with van der Waals surface area (Å²) in [6, 6.07) is 15.6. The number of anilines is 1. The van der Waals surface area contributed by atoms with Crippen LogP contribution in [-0.2, 0) is 16.6 Å². The van der Waals surface area contributed by atoms with E-state index in [9.17, 15) is 18.3 Å². The van der Waals surface area contributed by atoms with Crippen LogP contribution in [0.25, 0.3) is 0 Å². The molecule has 2 aromatic rings. The van der Waals surface area contributed by atoms with Crippen LogP contribution in [-0.4, -0.2) is 37.8 Å². The number of aliphatic hydroxyl groups is 1. The zero-order valence-electron chi connectivity index (χ0n) is 15.9. The number of nitrogens with zero attached hydrogens (tertiary/aromatic N) is 1. The summed E-state index contributed by atoms with van der Waals surface area (Å²) in [7, 11) is -3.61. The van der Waals surface area contributed by atoms with Crippen LogP contribution in [0.1, 0.15) is 41.6 Å². The normalized spacial score (nSPS) is 19.8. The molecule has 1 fully saturated rings. The van der Waals surface area contributed by atoms with Gasteiger partial charge in [-0.1, -0.05) is 55.3 Å². The molecule has 0 aromatic heterocycles. The van der Waals surface area contributed by atoms with E-state index in [1.54, 1.807) is 24.3 Å². The van der Waals surface area contributed by atoms with Gasteiger partial charge in [0.1, 0.15) is 0 Å². The standard InChI is InChI=1S/C21H26N2O4S/c1-28(26,27)23(15-16-9-3-2-4-10-16)19-13-7-5-11-17(19)21(25)22-18-12-6-8-14-20(18)24/h2-5,7,9-11,13,18,20,24H,6,8,12,14-15H2,1H3,(H,22,25)/t18-,20+/m0/s1. The van der Waals surface area contributed by atoms with Crippen molar-refractivity contribution in [3.63, 3.8) is 0 Å². The Kier molecular flexibility index (Phi) is 6.36. The molecule has 1 aliphatic rings. The Morgan fingerprint density at radius 2 is 1.71 bits per heavy atom. The Labute approximate surface area is 166 Å². The first-order valence-corrected chi connectivity index (χ1v) is 11.3. The summed E-state index contributed by atoms with van der Waals surface area (Å²) in [5.41, 5.74) is 1.43. The molecular formula is C21H26N2O4S. The van der Waals surface area contributed by atoms with Crippen LogP contribution in [0, 0.1) is 0 Å². The van der Waals surface area contributed by atoms with Gasteiger partial charge in [0.05, 0.1) is 36.2 Å². The zero-order chi connectivity index (χ0) is 20.1. The summed E-state index contributed by atoms with van der Waals surface area (Å²) in [6.45, 7) is 0.135. The number of carbonyl (C=O) groups is 1. The van der Waals surface area contributed by atoms with Crippen molar-refractivity contribution in [2.45, 2.75) is 44.4 Å². The number of amides is 1. The van der Waals surface area contributed by atoms with Gasteiger partial charge in [-0.05, 0) is 30.5 Å². The minimum absolute atomic E-state index is 0.135. The van der Waals surface area contributed by atoms with E-state index >= 15 is 0 Å². The van der Waals surface area contributed by atoms with E-state index < -0.39 is 16.1 Å². The molecule has 2 N–H and O–H groups in total. The third-order valence-electron chi connectivity index (χ3n) is 5.03. The first-order valence-electron chi connectivity index (χ1n) is 9.46. The summed E-state index contributed by atoms with van der Waals surface area (Å²) in [5.74, 6) is -0.372. The van der Waals surface area contributed by atoms with Crippen LogP contribution >= 0.6 is 0 Å². The number of rotatable bonds is 6. The average molecular weight is 403 g/mol. The summed E-state index contributed by atoms with van der Waals surface area (Å²) >= 11 is 0. The van der Waals surface area contributed by atoms with Crippen LogP contribution in [0.2, 0.25) is 0 Å². The number of hydrogen-bond donors (Lipinski definition) is 2. The SMILES string of the molecule is CS(=O)(=O)N(Cc1ccccc1)c1ccccc1C(=O)N[C@H]1CCCC[C@H]1O. The molecule has 1 saturated carbocycles. The van der Waals surface area contributed by atoms with E-state index in [0.717, 1.165) is 31.1 Å². The van der Waals surface area contributed by atoms with Gasteiger partial charge in [0.2, 0.25) is 10.0 Å². The molecule has 0 saturated heterocycles. The van der Waals surface area contributed by atoms with Crippen molar-refractivity contribution in [1.29, 1.82) is 0 Å². The Hall–Kier alpha value is -2.38. The summed E-state index contributed by atoms with van der Waals surface area (Å²) in [6.07, 6.45) is 3.84. The van der Waals surface area contributed by atoms with Gasteiger partial charge in [-0.2, -0.15) is 0 Å². The molecule has 0 unspecified atom stereocenters. The van der Waals surface area contributed by atoms with E-state index in [0.29, 0.717) is 12.1 Å². The maximum absolute atomic E-state index is 12.9. The maximum atomic E-state index is 12.9. The van der Waals surface area contributed by atoms with Gasteiger partial charge >= 0.3 is 0 Å². The smallest absolute Gasteiger partial charge is 0.253 e. The van der Waals surface area contributed by atoms with Crippen molar-refractivity contribution in [1.82, 2.24) is 5.32 Å². The Morgan fingerprint density at radius 3 is 2.39 bits per heavy atom. The molecule has 6 nitrogen and oxygen atoms in total. The molecule has 0 heterocycles. The van der Waals surface area contributed by atoms with E-state index in [2.05, 4.69) is 5.32 Å². The second-order valence-electron chi connectivity index (χ2n) is 7.20. The molecule has 28 heavy (non-hydrogen) atoms. The average Bonchev–Trinajstić information content (AvgIpc) is 2.68. The minimum Gasteiger partial charge on any atom is -0.391 e. The highest BCUT2D eigenvalue weighted by atomic mass is 32.2. The van der Waals surface area contributed by atoms with Crippen LogP contribution in [0.4, 0.5) is 5.69 Å². The first-order chi connectivity index (χ1) is 13.4. The Bertz CT molecular complexity index is 915. The minimum atomic E-state index is -3.61. The van der Waals surface area contributed by atoms with Gasteiger partial charge in [-0.3, -0.25) is 9.10 Å². The molecule has 3 rings (SSSR count). The lowest BCUT2D eigenvalue weighted by Gasteiger charge is -2.29. The summed E-state index contributed by atoms with van der Waals surface area (Å²) in [5, 5.41) is 13.0. The zero-order valence-corrected chi connectivity index (χ0v) is 16.7. The van der Waals surface area contributed by atoms with Crippen molar-refractivity contribution < 1.29 is 18.3 Å². The molecule has 7 heteroatoms. The van der Waals surface area contributed by atoms with Crippen molar-refractivity contribution in [2.24, 2.45) is 0 Å². The highest BCUT2D eigenvalue weighted by Crippen LogP contribution is 2.26. The van der Waals surface area contributed by atoms with E-state index in [1.165, 1.54) is 4.31 Å². The Balaban J connectivity index is 1.90. The van der Waals surface area contributed by atoms with Gasteiger partial charge in [-0.15, -0.1) is 0 Å². The van der Waals surface area contributed by atoms with Crippen LogP contribution in [0.15, 0.2) is 54.6 Å². The second-order valence-corrected chi connectivity index (χ2v) is 9.11. The molecule has 2 atom stereocenters. The number of nitrogens with one attached hydrogen (secondary N) is 1. The lowest BCUT2D eigenvalue weighted by Crippen LogP contribution is -2.45. The van der Waals surface area contributed by atoms with Crippen LogP contribution in [0.5, 0.6) is 0 Å². The third-order valence-corrected chi connectivity index (χ3v) is 6.16. The predicted molar refractivity (Wildman–Crippen MR) is 110 cm³/mol. The molecule has 0 aliphatic heterocycles. The summed E-state index contributed by atoms with van der Waals surface area (Å²) < 4.78 is 26.3. The van der Waals surface area contributed by atoms with E-state index in [1.807, 2.05) is 30.3 Å². The maximum Gasteiger partial charge on any atom is 0.253 e. The fraction of sp³-hybridized carbons (Fsp3) is 0.381.